The van der Waals surface area contributed by atoms with Gasteiger partial charge in [-0.15, -0.1) is 11.3 Å². The summed E-state index contributed by atoms with van der Waals surface area (Å²) in [5.41, 5.74) is 1.32. The maximum atomic E-state index is 4.33. The van der Waals surface area contributed by atoms with Crippen LogP contribution in [0, 0.1) is 0 Å². The molecule has 0 fully saturated rings. The van der Waals surface area contributed by atoms with Gasteiger partial charge in [0.15, 0.2) is 5.96 Å². The van der Waals surface area contributed by atoms with E-state index in [2.05, 4.69) is 44.1 Å². The maximum Gasteiger partial charge on any atom is 0.193 e. The number of aliphatic imine (C=N–C) groups is 1. The minimum atomic E-state index is 0.886. The molecule has 7 heteroatoms. The Morgan fingerprint density at radius 3 is 3.05 bits per heavy atom. The van der Waals surface area contributed by atoms with Crippen LogP contribution in [0.25, 0.3) is 0 Å². The zero-order valence-corrected chi connectivity index (χ0v) is 14.7. The average molecular weight is 341 g/mol. The predicted octanol–water partition coefficient (Wildman–Crippen LogP) is 3.39. The molecule has 0 saturated heterocycles. The highest BCUT2D eigenvalue weighted by Gasteiger charge is 2.06. The number of rotatable bonds is 7. The van der Waals surface area contributed by atoms with Gasteiger partial charge in [-0.2, -0.15) is 11.3 Å². The third-order valence-corrected chi connectivity index (χ3v) is 5.60. The fraction of sp³-hybridized carbons (Fsp3) is 0.429. The first-order valence-electron chi connectivity index (χ1n) is 6.74. The van der Waals surface area contributed by atoms with Crippen LogP contribution in [0.2, 0.25) is 0 Å². The van der Waals surface area contributed by atoms with Crippen molar-refractivity contribution in [1.82, 2.24) is 15.2 Å². The standard InChI is InChI=1S/C14H20N4S3/c1-15-13(18(2)10-12-4-8-19-11-12)16-5-3-7-20-14-17-6-9-21-14/h4,6,8-9,11H,3,5,7,10H2,1-2H3,(H,15,16). The van der Waals surface area contributed by atoms with E-state index in [9.17, 15) is 0 Å². The summed E-state index contributed by atoms with van der Waals surface area (Å²) in [6, 6.07) is 2.15. The number of nitrogens with zero attached hydrogens (tertiary/aromatic N) is 3. The quantitative estimate of drug-likeness (QED) is 0.363. The van der Waals surface area contributed by atoms with Crippen LogP contribution in [-0.4, -0.2) is 42.2 Å². The highest BCUT2D eigenvalue weighted by Crippen LogP contribution is 2.20. The Morgan fingerprint density at radius 1 is 1.48 bits per heavy atom. The van der Waals surface area contributed by atoms with Gasteiger partial charge in [0.1, 0.15) is 4.34 Å². The molecular formula is C14H20N4S3. The molecule has 2 aromatic rings. The van der Waals surface area contributed by atoms with E-state index in [1.165, 1.54) is 5.56 Å². The molecule has 2 rings (SSSR count). The lowest BCUT2D eigenvalue weighted by Crippen LogP contribution is -2.38. The second kappa shape index (κ2) is 9.07. The van der Waals surface area contributed by atoms with E-state index < -0.39 is 0 Å². The summed E-state index contributed by atoms with van der Waals surface area (Å²) in [5.74, 6) is 2.02. The monoisotopic (exact) mass is 340 g/mol. The average Bonchev–Trinajstić information content (AvgIpc) is 3.16. The van der Waals surface area contributed by atoms with Gasteiger partial charge in [0.2, 0.25) is 0 Å². The van der Waals surface area contributed by atoms with Crippen LogP contribution in [0.1, 0.15) is 12.0 Å². The number of nitrogens with one attached hydrogen (secondary N) is 1. The lowest BCUT2D eigenvalue weighted by Gasteiger charge is -2.21. The molecule has 0 saturated carbocycles. The lowest BCUT2D eigenvalue weighted by molar-refractivity contribution is 0.477. The summed E-state index contributed by atoms with van der Waals surface area (Å²) in [6.07, 6.45) is 2.95. The van der Waals surface area contributed by atoms with Gasteiger partial charge in [0, 0.05) is 44.5 Å². The minimum Gasteiger partial charge on any atom is -0.356 e. The molecule has 0 aliphatic heterocycles. The molecule has 2 heterocycles. The van der Waals surface area contributed by atoms with Crippen molar-refractivity contribution in [2.45, 2.75) is 17.3 Å². The van der Waals surface area contributed by atoms with Gasteiger partial charge in [-0.25, -0.2) is 4.98 Å². The Balaban J connectivity index is 1.65. The van der Waals surface area contributed by atoms with Gasteiger partial charge in [0.05, 0.1) is 0 Å². The van der Waals surface area contributed by atoms with Crippen molar-refractivity contribution in [1.29, 1.82) is 0 Å². The minimum absolute atomic E-state index is 0.886. The largest absolute Gasteiger partial charge is 0.356 e. The molecule has 0 radical (unpaired) electrons. The first kappa shape index (κ1) is 16.3. The highest BCUT2D eigenvalue weighted by molar-refractivity contribution is 8.00. The molecule has 0 atom stereocenters. The van der Waals surface area contributed by atoms with Gasteiger partial charge in [-0.3, -0.25) is 4.99 Å². The Labute approximate surface area is 138 Å². The van der Waals surface area contributed by atoms with E-state index in [4.69, 9.17) is 0 Å². The van der Waals surface area contributed by atoms with E-state index in [0.29, 0.717) is 0 Å². The number of thiazole rings is 1. The summed E-state index contributed by atoms with van der Waals surface area (Å²) >= 11 is 5.24. The van der Waals surface area contributed by atoms with Crippen LogP contribution >= 0.6 is 34.4 Å². The van der Waals surface area contributed by atoms with Crippen molar-refractivity contribution in [3.8, 4) is 0 Å². The van der Waals surface area contributed by atoms with Crippen molar-refractivity contribution in [2.24, 2.45) is 4.99 Å². The SMILES string of the molecule is CN=C(NCCCSc1nccs1)N(C)Cc1ccsc1. The van der Waals surface area contributed by atoms with E-state index in [1.807, 2.05) is 30.4 Å². The van der Waals surface area contributed by atoms with Crippen molar-refractivity contribution in [3.63, 3.8) is 0 Å². The molecule has 0 amide bonds. The zero-order chi connectivity index (χ0) is 14.9. The van der Waals surface area contributed by atoms with Crippen LogP contribution in [0.5, 0.6) is 0 Å². The van der Waals surface area contributed by atoms with Crippen LogP contribution in [0.4, 0.5) is 0 Å². The molecule has 4 nitrogen and oxygen atoms in total. The van der Waals surface area contributed by atoms with Crippen molar-refractivity contribution < 1.29 is 0 Å². The maximum absolute atomic E-state index is 4.33. The summed E-state index contributed by atoms with van der Waals surface area (Å²) < 4.78 is 1.15. The van der Waals surface area contributed by atoms with Gasteiger partial charge in [-0.1, -0.05) is 11.8 Å². The molecule has 0 bridgehead atoms. The number of guanidine groups is 1. The summed E-state index contributed by atoms with van der Waals surface area (Å²) in [7, 11) is 3.90. The van der Waals surface area contributed by atoms with E-state index in [-0.39, 0.29) is 0 Å². The number of hydrogen-bond donors (Lipinski definition) is 1. The molecule has 2 aromatic heterocycles. The Morgan fingerprint density at radius 2 is 2.38 bits per heavy atom. The lowest BCUT2D eigenvalue weighted by atomic mass is 10.3. The second-order valence-electron chi connectivity index (χ2n) is 4.46. The summed E-state index contributed by atoms with van der Waals surface area (Å²) in [4.78, 5) is 10.7. The molecule has 114 valence electrons. The number of thioether (sulfide) groups is 1. The first-order valence-corrected chi connectivity index (χ1v) is 9.55. The number of hydrogen-bond acceptors (Lipinski definition) is 5. The molecule has 0 aliphatic carbocycles. The Bertz CT molecular complexity index is 522. The van der Waals surface area contributed by atoms with Crippen LogP contribution in [0.3, 0.4) is 0 Å². The molecule has 0 aliphatic rings. The van der Waals surface area contributed by atoms with Crippen molar-refractivity contribution in [3.05, 3.63) is 34.0 Å². The zero-order valence-electron chi connectivity index (χ0n) is 12.3. The highest BCUT2D eigenvalue weighted by atomic mass is 32.2. The van der Waals surface area contributed by atoms with Gasteiger partial charge in [-0.05, 0) is 28.8 Å². The molecule has 0 spiro atoms. The second-order valence-corrected chi connectivity index (χ2v) is 7.48. The van der Waals surface area contributed by atoms with Crippen LogP contribution in [0.15, 0.2) is 37.7 Å². The first-order chi connectivity index (χ1) is 10.3. The number of thiophene rings is 1. The Kier molecular flexibility index (Phi) is 7.05. The fourth-order valence-corrected chi connectivity index (χ4v) is 4.14. The van der Waals surface area contributed by atoms with Gasteiger partial charge >= 0.3 is 0 Å². The summed E-state index contributed by atoms with van der Waals surface area (Å²) in [6.45, 7) is 1.82. The summed E-state index contributed by atoms with van der Waals surface area (Å²) in [5, 5.41) is 9.71. The molecule has 1 N–H and O–H groups in total. The normalized spacial score (nSPS) is 11.6. The fourth-order valence-electron chi connectivity index (χ4n) is 1.83. The third kappa shape index (κ3) is 5.68. The van der Waals surface area contributed by atoms with Gasteiger partial charge in [0.25, 0.3) is 0 Å². The smallest absolute Gasteiger partial charge is 0.193 e. The topological polar surface area (TPSA) is 40.5 Å². The van der Waals surface area contributed by atoms with E-state index in [0.717, 1.165) is 35.6 Å². The van der Waals surface area contributed by atoms with Gasteiger partial charge < -0.3 is 10.2 Å². The van der Waals surface area contributed by atoms with Crippen molar-refractivity contribution >= 4 is 40.4 Å². The van der Waals surface area contributed by atoms with Crippen molar-refractivity contribution in [2.75, 3.05) is 26.4 Å². The molecule has 0 unspecified atom stereocenters. The third-order valence-electron chi connectivity index (χ3n) is 2.81. The van der Waals surface area contributed by atoms with E-state index >= 15 is 0 Å². The predicted molar refractivity (Wildman–Crippen MR) is 94.6 cm³/mol. The number of aromatic nitrogens is 1. The Hall–Kier alpha value is -1.05. The molecule has 21 heavy (non-hydrogen) atoms. The molecular weight excluding hydrogens is 320 g/mol. The van der Waals surface area contributed by atoms with E-state index in [1.54, 1.807) is 22.7 Å². The molecule has 0 aromatic carbocycles. The van der Waals surface area contributed by atoms with Crippen LogP contribution in [-0.2, 0) is 6.54 Å². The van der Waals surface area contributed by atoms with Crippen LogP contribution < -0.4 is 5.32 Å².